The van der Waals surface area contributed by atoms with E-state index in [9.17, 15) is 0 Å². The van der Waals surface area contributed by atoms with E-state index in [0.29, 0.717) is 36.4 Å². The highest BCUT2D eigenvalue weighted by molar-refractivity contribution is 5.63. The smallest absolute Gasteiger partial charge is 0.258 e. The van der Waals surface area contributed by atoms with Crippen LogP contribution in [0.25, 0.3) is 22.8 Å². The van der Waals surface area contributed by atoms with Gasteiger partial charge in [0.2, 0.25) is 5.82 Å². The predicted octanol–water partition coefficient (Wildman–Crippen LogP) is 4.26. The third-order valence-corrected chi connectivity index (χ3v) is 3.93. The zero-order valence-electron chi connectivity index (χ0n) is 16.2. The average molecular weight is 367 g/mol. The summed E-state index contributed by atoms with van der Waals surface area (Å²) in [6.45, 7) is 5.90. The molecule has 1 heterocycles. The fourth-order valence-corrected chi connectivity index (χ4v) is 2.77. The number of benzene rings is 2. The Balaban J connectivity index is 1.83. The molecule has 0 saturated heterocycles. The van der Waals surface area contributed by atoms with Gasteiger partial charge in [0.15, 0.2) is 11.5 Å². The van der Waals surface area contributed by atoms with E-state index in [2.05, 4.69) is 27.2 Å². The molecule has 6 heteroatoms. The van der Waals surface area contributed by atoms with Gasteiger partial charge in [0, 0.05) is 17.7 Å². The van der Waals surface area contributed by atoms with Crippen LogP contribution in [-0.2, 0) is 6.54 Å². The minimum absolute atomic E-state index is 0.450. The van der Waals surface area contributed by atoms with Gasteiger partial charge in [-0.1, -0.05) is 29.4 Å². The maximum absolute atomic E-state index is 5.67. The fourth-order valence-electron chi connectivity index (χ4n) is 2.77. The van der Waals surface area contributed by atoms with Gasteiger partial charge >= 0.3 is 0 Å². The SMILES string of the molecule is CCOc1ccc(-c2nc(-c3ccc(CN(C)C)cc3)no2)cc1OCC. The van der Waals surface area contributed by atoms with Crippen molar-refractivity contribution in [2.45, 2.75) is 20.4 Å². The second-order valence-electron chi connectivity index (χ2n) is 6.39. The van der Waals surface area contributed by atoms with Crippen LogP contribution >= 0.6 is 0 Å². The van der Waals surface area contributed by atoms with Crippen LogP contribution in [0.1, 0.15) is 19.4 Å². The van der Waals surface area contributed by atoms with Crippen LogP contribution in [0.15, 0.2) is 47.0 Å². The van der Waals surface area contributed by atoms with E-state index in [1.165, 1.54) is 5.56 Å². The van der Waals surface area contributed by atoms with Crippen LogP contribution in [0, 0.1) is 0 Å². The summed E-state index contributed by atoms with van der Waals surface area (Å²) >= 11 is 0. The fraction of sp³-hybridized carbons (Fsp3) is 0.333. The van der Waals surface area contributed by atoms with E-state index in [1.54, 1.807) is 0 Å². The number of hydrogen-bond acceptors (Lipinski definition) is 6. The van der Waals surface area contributed by atoms with Gasteiger partial charge in [0.25, 0.3) is 5.89 Å². The van der Waals surface area contributed by atoms with E-state index in [-0.39, 0.29) is 0 Å². The second kappa shape index (κ2) is 8.68. The van der Waals surface area contributed by atoms with Crippen LogP contribution in [0.5, 0.6) is 11.5 Å². The van der Waals surface area contributed by atoms with Crippen molar-refractivity contribution < 1.29 is 14.0 Å². The molecule has 0 fully saturated rings. The summed E-state index contributed by atoms with van der Waals surface area (Å²) in [6.07, 6.45) is 0. The van der Waals surface area contributed by atoms with E-state index in [0.717, 1.165) is 17.7 Å². The Bertz CT molecular complexity index is 873. The molecule has 0 aliphatic heterocycles. The van der Waals surface area contributed by atoms with Crippen LogP contribution in [0.2, 0.25) is 0 Å². The number of nitrogens with zero attached hydrogens (tertiary/aromatic N) is 3. The summed E-state index contributed by atoms with van der Waals surface area (Å²) in [7, 11) is 4.10. The molecule has 3 aromatic rings. The molecule has 0 amide bonds. The number of hydrogen-bond donors (Lipinski definition) is 0. The summed E-state index contributed by atoms with van der Waals surface area (Å²) < 4.78 is 16.7. The highest BCUT2D eigenvalue weighted by Gasteiger charge is 2.14. The molecule has 0 aliphatic carbocycles. The van der Waals surface area contributed by atoms with Crippen LogP contribution in [0.3, 0.4) is 0 Å². The van der Waals surface area contributed by atoms with Crippen molar-refractivity contribution in [2.24, 2.45) is 0 Å². The number of ether oxygens (including phenoxy) is 2. The lowest BCUT2D eigenvalue weighted by molar-refractivity contribution is 0.288. The first-order valence-electron chi connectivity index (χ1n) is 9.08. The third kappa shape index (κ3) is 4.65. The van der Waals surface area contributed by atoms with Gasteiger partial charge in [0.1, 0.15) is 0 Å². The van der Waals surface area contributed by atoms with Crippen molar-refractivity contribution in [3.05, 3.63) is 48.0 Å². The predicted molar refractivity (Wildman–Crippen MR) is 105 cm³/mol. The molecule has 0 radical (unpaired) electrons. The lowest BCUT2D eigenvalue weighted by atomic mass is 10.1. The molecule has 27 heavy (non-hydrogen) atoms. The highest BCUT2D eigenvalue weighted by Crippen LogP contribution is 2.33. The van der Waals surface area contributed by atoms with E-state index >= 15 is 0 Å². The minimum atomic E-state index is 0.450. The first kappa shape index (κ1) is 18.9. The molecule has 0 unspecified atom stereocenters. The largest absolute Gasteiger partial charge is 0.490 e. The Kier molecular flexibility index (Phi) is 6.08. The topological polar surface area (TPSA) is 60.6 Å². The molecule has 0 atom stereocenters. The van der Waals surface area contributed by atoms with Gasteiger partial charge in [-0.2, -0.15) is 4.98 Å². The summed E-state index contributed by atoms with van der Waals surface area (Å²) in [5, 5.41) is 4.12. The quantitative estimate of drug-likeness (QED) is 0.593. The van der Waals surface area contributed by atoms with Gasteiger partial charge in [-0.25, -0.2) is 0 Å². The van der Waals surface area contributed by atoms with Crippen LogP contribution < -0.4 is 9.47 Å². The lowest BCUT2D eigenvalue weighted by Gasteiger charge is -2.11. The molecule has 0 aliphatic rings. The first-order chi connectivity index (χ1) is 13.1. The van der Waals surface area contributed by atoms with Crippen molar-refractivity contribution in [3.63, 3.8) is 0 Å². The minimum Gasteiger partial charge on any atom is -0.490 e. The van der Waals surface area contributed by atoms with Crippen LogP contribution in [-0.4, -0.2) is 42.3 Å². The molecule has 0 saturated carbocycles. The zero-order valence-corrected chi connectivity index (χ0v) is 16.2. The Morgan fingerprint density at radius 2 is 1.56 bits per heavy atom. The molecule has 142 valence electrons. The van der Waals surface area contributed by atoms with Gasteiger partial charge in [0.05, 0.1) is 13.2 Å². The van der Waals surface area contributed by atoms with Crippen molar-refractivity contribution in [1.29, 1.82) is 0 Å². The zero-order chi connectivity index (χ0) is 19.2. The van der Waals surface area contributed by atoms with Crippen molar-refractivity contribution in [2.75, 3.05) is 27.3 Å². The molecule has 0 N–H and O–H groups in total. The summed E-state index contributed by atoms with van der Waals surface area (Å²) in [5.41, 5.74) is 2.95. The third-order valence-electron chi connectivity index (χ3n) is 3.93. The van der Waals surface area contributed by atoms with Crippen molar-refractivity contribution in [1.82, 2.24) is 15.0 Å². The Hall–Kier alpha value is -2.86. The molecular weight excluding hydrogens is 342 g/mol. The maximum Gasteiger partial charge on any atom is 0.258 e. The normalized spacial score (nSPS) is 11.0. The van der Waals surface area contributed by atoms with Crippen molar-refractivity contribution in [3.8, 4) is 34.3 Å². The number of aromatic nitrogens is 2. The van der Waals surface area contributed by atoms with Crippen molar-refractivity contribution >= 4 is 0 Å². The Morgan fingerprint density at radius 1 is 0.889 bits per heavy atom. The average Bonchev–Trinajstić information content (AvgIpc) is 3.14. The molecule has 0 spiro atoms. The monoisotopic (exact) mass is 367 g/mol. The van der Waals surface area contributed by atoms with Gasteiger partial charge in [-0.15, -0.1) is 0 Å². The molecule has 6 nitrogen and oxygen atoms in total. The van der Waals surface area contributed by atoms with Gasteiger partial charge in [-0.05, 0) is 51.7 Å². The van der Waals surface area contributed by atoms with Gasteiger partial charge < -0.3 is 18.9 Å². The first-order valence-corrected chi connectivity index (χ1v) is 9.08. The van der Waals surface area contributed by atoms with E-state index < -0.39 is 0 Å². The molecule has 3 rings (SSSR count). The lowest BCUT2D eigenvalue weighted by Crippen LogP contribution is -2.10. The Labute approximate surface area is 159 Å². The summed E-state index contributed by atoms with van der Waals surface area (Å²) in [4.78, 5) is 6.66. The molecule has 1 aromatic heterocycles. The van der Waals surface area contributed by atoms with Gasteiger partial charge in [-0.3, -0.25) is 0 Å². The summed E-state index contributed by atoms with van der Waals surface area (Å²) in [5.74, 6) is 2.39. The summed E-state index contributed by atoms with van der Waals surface area (Å²) in [6, 6.07) is 13.8. The van der Waals surface area contributed by atoms with E-state index in [1.807, 2.05) is 58.3 Å². The standard InChI is InChI=1S/C21H25N3O3/c1-5-25-18-12-11-17(13-19(18)26-6-2)21-22-20(23-27-21)16-9-7-15(8-10-16)14-24(3)4/h7-13H,5-6,14H2,1-4H3. The highest BCUT2D eigenvalue weighted by atomic mass is 16.5. The van der Waals surface area contributed by atoms with Crippen LogP contribution in [0.4, 0.5) is 0 Å². The molecular formula is C21H25N3O3. The second-order valence-corrected chi connectivity index (χ2v) is 6.39. The molecule has 0 bridgehead atoms. The number of rotatable bonds is 8. The van der Waals surface area contributed by atoms with E-state index in [4.69, 9.17) is 14.0 Å². The maximum atomic E-state index is 5.67. The Morgan fingerprint density at radius 3 is 2.22 bits per heavy atom. The molecule has 2 aromatic carbocycles.